The summed E-state index contributed by atoms with van der Waals surface area (Å²) < 4.78 is 25.2. The molecule has 0 saturated carbocycles. The summed E-state index contributed by atoms with van der Waals surface area (Å²) in [5, 5.41) is -0.513. The minimum atomic E-state index is -3.23. The van der Waals surface area contributed by atoms with Crippen LogP contribution in [-0.2, 0) is 10.0 Å². The highest BCUT2D eigenvalue weighted by Gasteiger charge is 2.28. The Morgan fingerprint density at radius 1 is 1.40 bits per heavy atom. The Hall–Kier alpha value is 0.550. The molecule has 2 atom stereocenters. The summed E-state index contributed by atoms with van der Waals surface area (Å²) in [4.78, 5) is 0. The zero-order valence-electron chi connectivity index (χ0n) is 9.73. The van der Waals surface area contributed by atoms with Crippen LogP contribution in [0.5, 0.6) is 0 Å². The van der Waals surface area contributed by atoms with Crippen LogP contribution < -0.4 is 0 Å². The summed E-state index contributed by atoms with van der Waals surface area (Å²) in [5.41, 5.74) is 0. The first-order valence-electron chi connectivity index (χ1n) is 4.89. The van der Waals surface area contributed by atoms with E-state index >= 15 is 0 Å². The van der Waals surface area contributed by atoms with Crippen LogP contribution in [0.4, 0.5) is 0 Å². The van der Waals surface area contributed by atoms with Crippen molar-refractivity contribution in [2.75, 3.05) is 24.9 Å². The molecule has 0 heterocycles. The average molecular weight is 274 g/mol. The van der Waals surface area contributed by atoms with E-state index in [-0.39, 0.29) is 11.9 Å². The van der Waals surface area contributed by atoms with Gasteiger partial charge in [-0.3, -0.25) is 0 Å². The highest BCUT2D eigenvalue weighted by Crippen LogP contribution is 2.15. The zero-order valence-corrected chi connectivity index (χ0v) is 12.1. The first-order valence-corrected chi connectivity index (χ1v) is 8.32. The van der Waals surface area contributed by atoms with Gasteiger partial charge in [0.25, 0.3) is 0 Å². The number of hydrogen-bond acceptors (Lipinski definition) is 3. The van der Waals surface area contributed by atoms with E-state index in [2.05, 4.69) is 0 Å². The lowest BCUT2D eigenvalue weighted by molar-refractivity contribution is 0.379. The zero-order chi connectivity index (χ0) is 12.1. The second kappa shape index (κ2) is 6.99. The van der Waals surface area contributed by atoms with Crippen molar-refractivity contribution in [2.24, 2.45) is 0 Å². The maximum atomic E-state index is 11.9. The Balaban J connectivity index is 4.48. The fraction of sp³-hybridized carbons (Fsp3) is 1.00. The molecule has 15 heavy (non-hydrogen) atoms. The molecule has 92 valence electrons. The molecule has 0 aliphatic carbocycles. The Morgan fingerprint density at radius 2 is 1.93 bits per heavy atom. The molecule has 0 rings (SSSR count). The molecular formula is C9H20ClNO2S2. The molecule has 0 aromatic rings. The largest absolute Gasteiger partial charge is 0.217 e. The lowest BCUT2D eigenvalue weighted by Crippen LogP contribution is -2.41. The molecule has 0 aromatic heterocycles. The van der Waals surface area contributed by atoms with Gasteiger partial charge in [0, 0.05) is 19.0 Å². The maximum Gasteiger partial charge on any atom is 0.217 e. The van der Waals surface area contributed by atoms with Gasteiger partial charge in [0.15, 0.2) is 0 Å². The number of rotatable bonds is 7. The van der Waals surface area contributed by atoms with E-state index in [4.69, 9.17) is 11.6 Å². The lowest BCUT2D eigenvalue weighted by atomic mass is 10.3. The summed E-state index contributed by atoms with van der Waals surface area (Å²) in [5.74, 6) is 1.11. The van der Waals surface area contributed by atoms with Crippen LogP contribution in [0.1, 0.15) is 20.3 Å². The van der Waals surface area contributed by atoms with Crippen molar-refractivity contribution < 1.29 is 8.42 Å². The van der Waals surface area contributed by atoms with E-state index in [1.165, 1.54) is 4.31 Å². The molecule has 0 amide bonds. The molecule has 3 nitrogen and oxygen atoms in total. The minimum Gasteiger partial charge on any atom is -0.212 e. The smallest absolute Gasteiger partial charge is 0.212 e. The number of thioether (sulfide) groups is 1. The van der Waals surface area contributed by atoms with Crippen LogP contribution >= 0.6 is 23.4 Å². The topological polar surface area (TPSA) is 37.4 Å². The van der Waals surface area contributed by atoms with Crippen molar-refractivity contribution in [1.29, 1.82) is 0 Å². The highest BCUT2D eigenvalue weighted by molar-refractivity contribution is 7.98. The van der Waals surface area contributed by atoms with Crippen LogP contribution in [0.15, 0.2) is 0 Å². The second-order valence-corrected chi connectivity index (χ2v) is 7.36. The molecule has 0 spiro atoms. The quantitative estimate of drug-likeness (QED) is 0.666. The van der Waals surface area contributed by atoms with Crippen molar-refractivity contribution >= 4 is 33.4 Å². The van der Waals surface area contributed by atoms with E-state index in [0.29, 0.717) is 0 Å². The Kier molecular flexibility index (Phi) is 7.25. The van der Waals surface area contributed by atoms with Crippen LogP contribution in [-0.4, -0.2) is 49.0 Å². The van der Waals surface area contributed by atoms with Gasteiger partial charge in [-0.15, -0.1) is 11.6 Å². The molecule has 0 saturated heterocycles. The van der Waals surface area contributed by atoms with Crippen LogP contribution in [0, 0.1) is 0 Å². The van der Waals surface area contributed by atoms with Crippen LogP contribution in [0.3, 0.4) is 0 Å². The Morgan fingerprint density at radius 3 is 2.33 bits per heavy atom. The third kappa shape index (κ3) is 4.51. The average Bonchev–Trinajstić information content (AvgIpc) is 2.23. The molecule has 0 aliphatic heterocycles. The number of alkyl halides is 1. The Labute approximate surface area is 103 Å². The van der Waals surface area contributed by atoms with Gasteiger partial charge in [0.05, 0.1) is 5.25 Å². The molecular weight excluding hydrogens is 254 g/mol. The monoisotopic (exact) mass is 273 g/mol. The second-order valence-electron chi connectivity index (χ2n) is 3.66. The fourth-order valence-corrected chi connectivity index (χ4v) is 3.47. The lowest BCUT2D eigenvalue weighted by Gasteiger charge is -2.26. The normalized spacial score (nSPS) is 16.7. The fourth-order valence-electron chi connectivity index (χ4n) is 1.08. The summed E-state index contributed by atoms with van der Waals surface area (Å²) in [6, 6.07) is 0.0353. The highest BCUT2D eigenvalue weighted by atomic mass is 35.5. The molecule has 0 fully saturated rings. The molecule has 0 aliphatic rings. The van der Waals surface area contributed by atoms with Gasteiger partial charge in [-0.05, 0) is 32.3 Å². The van der Waals surface area contributed by atoms with Gasteiger partial charge in [-0.25, -0.2) is 12.7 Å². The van der Waals surface area contributed by atoms with E-state index in [1.54, 1.807) is 25.7 Å². The van der Waals surface area contributed by atoms with Gasteiger partial charge in [0.2, 0.25) is 10.0 Å². The summed E-state index contributed by atoms with van der Waals surface area (Å²) in [7, 11) is -1.60. The number of halogens is 1. The minimum absolute atomic E-state index is 0.0353. The van der Waals surface area contributed by atoms with Crippen LogP contribution in [0.25, 0.3) is 0 Å². The summed E-state index contributed by atoms with van der Waals surface area (Å²) >= 11 is 7.30. The van der Waals surface area contributed by atoms with Gasteiger partial charge >= 0.3 is 0 Å². The van der Waals surface area contributed by atoms with Crippen molar-refractivity contribution in [1.82, 2.24) is 4.31 Å². The molecule has 6 heteroatoms. The van der Waals surface area contributed by atoms with Crippen molar-refractivity contribution in [2.45, 2.75) is 31.6 Å². The Bertz CT molecular complexity index is 269. The third-order valence-corrected chi connectivity index (χ3v) is 6.12. The molecule has 0 N–H and O–H groups in total. The van der Waals surface area contributed by atoms with E-state index in [9.17, 15) is 8.42 Å². The molecule has 0 aromatic carbocycles. The van der Waals surface area contributed by atoms with Gasteiger partial charge < -0.3 is 0 Å². The summed E-state index contributed by atoms with van der Waals surface area (Å²) in [6.45, 7) is 3.56. The van der Waals surface area contributed by atoms with Crippen molar-refractivity contribution in [3.8, 4) is 0 Å². The predicted octanol–water partition coefficient (Wildman–Crippen LogP) is 2.02. The van der Waals surface area contributed by atoms with Gasteiger partial charge in [-0.2, -0.15) is 11.8 Å². The summed E-state index contributed by atoms with van der Waals surface area (Å²) in [6.07, 6.45) is 2.88. The maximum absolute atomic E-state index is 11.9. The molecule has 2 unspecified atom stereocenters. The standard InChI is InChI=1S/C9H20ClNO2S2/c1-8(5-6-14-4)11(3)15(12,13)9(2)7-10/h8-9H,5-7H2,1-4H3. The first kappa shape index (κ1) is 15.6. The van der Waals surface area contributed by atoms with Crippen LogP contribution in [0.2, 0.25) is 0 Å². The number of sulfonamides is 1. The number of nitrogens with zero attached hydrogens (tertiary/aromatic N) is 1. The van der Waals surface area contributed by atoms with Crippen molar-refractivity contribution in [3.63, 3.8) is 0 Å². The number of hydrogen-bond donors (Lipinski definition) is 0. The van der Waals surface area contributed by atoms with Gasteiger partial charge in [-0.1, -0.05) is 0 Å². The van der Waals surface area contributed by atoms with Crippen molar-refractivity contribution in [3.05, 3.63) is 0 Å². The first-order chi connectivity index (χ1) is 6.87. The van der Waals surface area contributed by atoms with E-state index < -0.39 is 15.3 Å². The molecule has 0 bridgehead atoms. The SMILES string of the molecule is CSCCC(C)N(C)S(=O)(=O)C(C)CCl. The predicted molar refractivity (Wildman–Crippen MR) is 69.3 cm³/mol. The van der Waals surface area contributed by atoms with E-state index in [1.807, 2.05) is 13.2 Å². The molecule has 0 radical (unpaired) electrons. The third-order valence-electron chi connectivity index (χ3n) is 2.49. The van der Waals surface area contributed by atoms with E-state index in [0.717, 1.165) is 12.2 Å². The van der Waals surface area contributed by atoms with Gasteiger partial charge in [0.1, 0.15) is 0 Å².